The summed E-state index contributed by atoms with van der Waals surface area (Å²) in [7, 11) is 1.74. The minimum Gasteiger partial charge on any atom is -0.316 e. The molecule has 0 atom stereocenters. The molecular formula is C16H16ClN3OS. The third-order valence-corrected chi connectivity index (χ3v) is 4.09. The topological polar surface area (TPSA) is 56.2 Å². The van der Waals surface area contributed by atoms with Crippen LogP contribution < -0.4 is 10.2 Å². The number of hydrogen-bond donors (Lipinski definition) is 2. The van der Waals surface area contributed by atoms with Crippen LogP contribution in [0.15, 0.2) is 53.4 Å². The lowest BCUT2D eigenvalue weighted by molar-refractivity contribution is 0.0976. The zero-order chi connectivity index (χ0) is 16.1. The highest BCUT2D eigenvalue weighted by atomic mass is 35.5. The molecule has 0 heterocycles. The Hall–Kier alpha value is -1.98. The number of amides is 1. The van der Waals surface area contributed by atoms with Gasteiger partial charge in [0.25, 0.3) is 5.91 Å². The monoisotopic (exact) mass is 333 g/mol. The molecule has 2 aromatic rings. The zero-order valence-corrected chi connectivity index (χ0v) is 13.8. The van der Waals surface area contributed by atoms with Crippen LogP contribution in [0.4, 0.5) is 5.69 Å². The van der Waals surface area contributed by atoms with E-state index in [0.717, 1.165) is 10.6 Å². The maximum Gasteiger partial charge on any atom is 0.257 e. The Morgan fingerprint density at radius 2 is 1.91 bits per heavy atom. The van der Waals surface area contributed by atoms with E-state index >= 15 is 0 Å². The van der Waals surface area contributed by atoms with Gasteiger partial charge in [0.1, 0.15) is 0 Å². The minimum absolute atomic E-state index is 0.0122. The third kappa shape index (κ3) is 4.02. The second-order valence-corrected chi connectivity index (χ2v) is 5.89. The molecule has 0 bridgehead atoms. The molecule has 6 heteroatoms. The van der Waals surface area contributed by atoms with Gasteiger partial charge in [-0.1, -0.05) is 17.7 Å². The molecule has 0 saturated heterocycles. The lowest BCUT2D eigenvalue weighted by Crippen LogP contribution is -2.41. The summed E-state index contributed by atoms with van der Waals surface area (Å²) < 4.78 is 0. The standard InChI is InChI=1S/C16H16ClN3OS/c1-20(13-4-3-5-14(10-13)22-2)16(18)19-15(21)11-6-8-12(17)9-7-11/h3-10H,1-2H3,(H2,18,19,21). The van der Waals surface area contributed by atoms with Crippen molar-refractivity contribution in [2.24, 2.45) is 0 Å². The van der Waals surface area contributed by atoms with Gasteiger partial charge in [0.15, 0.2) is 0 Å². The Morgan fingerprint density at radius 3 is 2.55 bits per heavy atom. The van der Waals surface area contributed by atoms with E-state index in [-0.39, 0.29) is 11.9 Å². The molecule has 0 aliphatic carbocycles. The van der Waals surface area contributed by atoms with Gasteiger partial charge in [0.05, 0.1) is 0 Å². The largest absolute Gasteiger partial charge is 0.316 e. The fourth-order valence-corrected chi connectivity index (χ4v) is 2.39. The van der Waals surface area contributed by atoms with Gasteiger partial charge in [-0.25, -0.2) is 0 Å². The number of rotatable bonds is 3. The summed E-state index contributed by atoms with van der Waals surface area (Å²) in [6.45, 7) is 0. The zero-order valence-electron chi connectivity index (χ0n) is 12.3. The SMILES string of the molecule is CSc1cccc(N(C)C(=N)NC(=O)c2ccc(Cl)cc2)c1. The van der Waals surface area contributed by atoms with Crippen LogP contribution in [0.5, 0.6) is 0 Å². The van der Waals surface area contributed by atoms with Crippen LogP contribution in [0, 0.1) is 5.41 Å². The van der Waals surface area contributed by atoms with Gasteiger partial charge in [-0.3, -0.25) is 15.5 Å². The number of nitrogens with zero attached hydrogens (tertiary/aromatic N) is 1. The van der Waals surface area contributed by atoms with Gasteiger partial charge in [-0.15, -0.1) is 11.8 Å². The number of carbonyl (C=O) groups excluding carboxylic acids is 1. The van der Waals surface area contributed by atoms with Crippen molar-refractivity contribution in [1.82, 2.24) is 5.32 Å². The molecule has 1 amide bonds. The second kappa shape index (κ2) is 7.33. The van der Waals surface area contributed by atoms with Crippen molar-refractivity contribution < 1.29 is 4.79 Å². The van der Waals surface area contributed by atoms with Crippen LogP contribution in [0.1, 0.15) is 10.4 Å². The maximum atomic E-state index is 12.1. The molecule has 0 aliphatic rings. The van der Waals surface area contributed by atoms with E-state index < -0.39 is 0 Å². The quantitative estimate of drug-likeness (QED) is 0.509. The van der Waals surface area contributed by atoms with Crippen LogP contribution in [-0.2, 0) is 0 Å². The second-order valence-electron chi connectivity index (χ2n) is 4.57. The number of halogens is 1. The van der Waals surface area contributed by atoms with Crippen LogP contribution >= 0.6 is 23.4 Å². The number of guanidine groups is 1. The smallest absolute Gasteiger partial charge is 0.257 e. The molecule has 0 radical (unpaired) electrons. The van der Waals surface area contributed by atoms with Gasteiger partial charge < -0.3 is 4.90 Å². The van der Waals surface area contributed by atoms with Gasteiger partial charge in [-0.2, -0.15) is 0 Å². The molecule has 2 N–H and O–H groups in total. The lowest BCUT2D eigenvalue weighted by Gasteiger charge is -2.20. The molecule has 114 valence electrons. The number of nitrogens with one attached hydrogen (secondary N) is 2. The Bertz CT molecular complexity index is 688. The van der Waals surface area contributed by atoms with E-state index in [9.17, 15) is 4.79 Å². The van der Waals surface area contributed by atoms with E-state index in [1.807, 2.05) is 30.5 Å². The summed E-state index contributed by atoms with van der Waals surface area (Å²) in [4.78, 5) is 14.8. The molecule has 2 aromatic carbocycles. The lowest BCUT2D eigenvalue weighted by atomic mass is 10.2. The van der Waals surface area contributed by atoms with Crippen LogP contribution in [0.2, 0.25) is 5.02 Å². The number of anilines is 1. The van der Waals surface area contributed by atoms with E-state index in [1.165, 1.54) is 0 Å². The first-order chi connectivity index (χ1) is 10.5. The van der Waals surface area contributed by atoms with Crippen molar-refractivity contribution >= 4 is 40.9 Å². The van der Waals surface area contributed by atoms with E-state index in [1.54, 1.807) is 48.0 Å². The number of hydrogen-bond acceptors (Lipinski definition) is 3. The average Bonchev–Trinajstić information content (AvgIpc) is 2.54. The van der Waals surface area contributed by atoms with E-state index in [4.69, 9.17) is 17.0 Å². The molecule has 0 unspecified atom stereocenters. The number of benzene rings is 2. The molecule has 0 saturated carbocycles. The summed E-state index contributed by atoms with van der Waals surface area (Å²) in [6.07, 6.45) is 1.99. The third-order valence-electron chi connectivity index (χ3n) is 3.11. The van der Waals surface area contributed by atoms with Crippen molar-refractivity contribution in [1.29, 1.82) is 5.41 Å². The van der Waals surface area contributed by atoms with Crippen molar-refractivity contribution in [3.63, 3.8) is 0 Å². The maximum absolute atomic E-state index is 12.1. The molecular weight excluding hydrogens is 318 g/mol. The van der Waals surface area contributed by atoms with Gasteiger partial charge in [0.2, 0.25) is 5.96 Å². The Balaban J connectivity index is 2.07. The molecule has 0 fully saturated rings. The van der Waals surface area contributed by atoms with Crippen molar-refractivity contribution in [3.05, 3.63) is 59.1 Å². The van der Waals surface area contributed by atoms with Crippen LogP contribution in [0.25, 0.3) is 0 Å². The van der Waals surface area contributed by atoms with E-state index in [2.05, 4.69) is 5.32 Å². The highest BCUT2D eigenvalue weighted by molar-refractivity contribution is 7.98. The summed E-state index contributed by atoms with van der Waals surface area (Å²) in [5, 5.41) is 11.2. The molecule has 0 aliphatic heterocycles. The first-order valence-corrected chi connectivity index (χ1v) is 8.15. The fourth-order valence-electron chi connectivity index (χ4n) is 1.81. The van der Waals surface area contributed by atoms with Crippen molar-refractivity contribution in [2.75, 3.05) is 18.2 Å². The normalized spacial score (nSPS) is 10.1. The number of thioether (sulfide) groups is 1. The van der Waals surface area contributed by atoms with Gasteiger partial charge in [-0.05, 0) is 48.7 Å². The predicted molar refractivity (Wildman–Crippen MR) is 93.3 cm³/mol. The van der Waals surface area contributed by atoms with Crippen LogP contribution in [0.3, 0.4) is 0 Å². The summed E-state index contributed by atoms with van der Waals surface area (Å²) in [6, 6.07) is 14.3. The Labute approximate surface area is 139 Å². The Kier molecular flexibility index (Phi) is 5.46. The highest BCUT2D eigenvalue weighted by Gasteiger charge is 2.12. The van der Waals surface area contributed by atoms with Gasteiger partial charge in [0, 0.05) is 28.2 Å². The fraction of sp³-hybridized carbons (Fsp3) is 0.125. The molecule has 0 spiro atoms. The summed E-state index contributed by atoms with van der Waals surface area (Å²) >= 11 is 7.42. The first-order valence-electron chi connectivity index (χ1n) is 6.54. The van der Waals surface area contributed by atoms with Gasteiger partial charge >= 0.3 is 0 Å². The van der Waals surface area contributed by atoms with Crippen molar-refractivity contribution in [2.45, 2.75) is 4.90 Å². The summed E-state index contributed by atoms with van der Waals surface area (Å²) in [5.74, 6) is -0.326. The van der Waals surface area contributed by atoms with E-state index in [0.29, 0.717) is 10.6 Å². The number of carbonyl (C=O) groups is 1. The average molecular weight is 334 g/mol. The van der Waals surface area contributed by atoms with Crippen molar-refractivity contribution in [3.8, 4) is 0 Å². The van der Waals surface area contributed by atoms with Crippen LogP contribution in [-0.4, -0.2) is 25.2 Å². The minimum atomic E-state index is -0.338. The first kappa shape index (κ1) is 16.4. The highest BCUT2D eigenvalue weighted by Crippen LogP contribution is 2.21. The molecule has 22 heavy (non-hydrogen) atoms. The summed E-state index contributed by atoms with van der Waals surface area (Å²) in [5.41, 5.74) is 1.30. The predicted octanol–water partition coefficient (Wildman–Crippen LogP) is 3.86. The molecule has 0 aromatic heterocycles. The molecule has 4 nitrogen and oxygen atoms in total. The molecule has 2 rings (SSSR count). The Morgan fingerprint density at radius 1 is 1.23 bits per heavy atom.